The summed E-state index contributed by atoms with van der Waals surface area (Å²) in [6, 6.07) is 14.5. The van der Waals surface area contributed by atoms with Gasteiger partial charge in [-0.05, 0) is 110 Å². The lowest BCUT2D eigenvalue weighted by Gasteiger charge is -2.29. The number of rotatable bonds is 11. The van der Waals surface area contributed by atoms with Crippen LogP contribution in [0.1, 0.15) is 92.6 Å². The molecule has 8 rings (SSSR count). The Morgan fingerprint density at radius 3 is 1.38 bits per heavy atom. The van der Waals surface area contributed by atoms with Crippen LogP contribution in [0.2, 0.25) is 20.1 Å². The normalized spacial score (nSPS) is 20.8. The van der Waals surface area contributed by atoms with E-state index in [1.165, 1.54) is 30.3 Å². The molecule has 0 spiro atoms. The molecule has 23 heteroatoms. The Balaban J connectivity index is 0.000000204. The van der Waals surface area contributed by atoms with Gasteiger partial charge in [0.15, 0.2) is 11.6 Å². The number of alkyl halides is 6. The molecule has 364 valence electrons. The molecule has 2 aliphatic carbocycles. The zero-order valence-corrected chi connectivity index (χ0v) is 39.8. The number of halogens is 12. The monoisotopic (exact) mass is 1060 g/mol. The van der Waals surface area contributed by atoms with Crippen molar-refractivity contribution in [3.8, 4) is 6.07 Å². The minimum absolute atomic E-state index is 0.000586. The van der Waals surface area contributed by atoms with Gasteiger partial charge in [0.05, 0.1) is 48.0 Å². The van der Waals surface area contributed by atoms with Crippen LogP contribution in [0.3, 0.4) is 0 Å². The number of carbonyl (C=O) groups excluding carboxylic acids is 2. The Morgan fingerprint density at radius 2 is 1.07 bits per heavy atom. The lowest BCUT2D eigenvalue weighted by atomic mass is 9.86. The fourth-order valence-corrected chi connectivity index (χ4v) is 8.97. The maximum atomic E-state index is 14.2. The molecule has 2 fully saturated rings. The third-order valence-corrected chi connectivity index (χ3v) is 14.1. The van der Waals surface area contributed by atoms with Crippen molar-refractivity contribution < 1.29 is 54.4 Å². The molecule has 2 aliphatic heterocycles. The van der Waals surface area contributed by atoms with Gasteiger partial charge >= 0.3 is 12.4 Å². The summed E-state index contributed by atoms with van der Waals surface area (Å²) in [5, 5.41) is 19.8. The lowest BCUT2D eigenvalue weighted by molar-refractivity contribution is -0.276. The molecule has 4 aromatic rings. The predicted octanol–water partition coefficient (Wildman–Crippen LogP) is 11.9. The van der Waals surface area contributed by atoms with E-state index in [-0.39, 0.29) is 35.2 Å². The highest BCUT2D eigenvalue weighted by Crippen LogP contribution is 2.52. The number of hydrogen-bond donors (Lipinski definition) is 3. The summed E-state index contributed by atoms with van der Waals surface area (Å²) >= 11 is 28.0. The van der Waals surface area contributed by atoms with Crippen molar-refractivity contribution in [3.63, 3.8) is 0 Å². The molecule has 4 N–H and O–H groups in total. The summed E-state index contributed by atoms with van der Waals surface area (Å²) in [5.74, 6) is -2.79. The number of thiocarbonyl (C=S) groups is 1. The lowest BCUT2D eigenvalue weighted by Crippen LogP contribution is -2.42. The largest absolute Gasteiger partial charge is 0.435 e. The molecule has 69 heavy (non-hydrogen) atoms. The van der Waals surface area contributed by atoms with Gasteiger partial charge in [0, 0.05) is 53.6 Å². The molecular weight excluding hydrogens is 1030 g/mol. The van der Waals surface area contributed by atoms with Crippen LogP contribution in [0.15, 0.2) is 71.0 Å². The first-order valence-electron chi connectivity index (χ1n) is 20.6. The highest BCUT2D eigenvalue weighted by molar-refractivity contribution is 7.80. The highest BCUT2D eigenvalue weighted by atomic mass is 35.5. The van der Waals surface area contributed by atoms with Crippen molar-refractivity contribution in [1.82, 2.24) is 10.6 Å². The van der Waals surface area contributed by atoms with Crippen LogP contribution in [-0.4, -0.2) is 53.7 Å². The van der Waals surface area contributed by atoms with Gasteiger partial charge in [0.2, 0.25) is 0 Å². The molecule has 0 unspecified atom stereocenters. The van der Waals surface area contributed by atoms with Gasteiger partial charge in [-0.1, -0.05) is 81.1 Å². The van der Waals surface area contributed by atoms with E-state index in [1.54, 1.807) is 19.9 Å². The first-order chi connectivity index (χ1) is 32.2. The van der Waals surface area contributed by atoms with Gasteiger partial charge in [-0.3, -0.25) is 9.59 Å². The molecule has 0 bridgehead atoms. The number of nitrogens with one attached hydrogen (secondary N) is 2. The summed E-state index contributed by atoms with van der Waals surface area (Å²) in [4.78, 5) is 35.4. The van der Waals surface area contributed by atoms with Gasteiger partial charge in [-0.2, -0.15) is 31.6 Å². The van der Waals surface area contributed by atoms with Crippen LogP contribution >= 0.6 is 58.6 Å². The van der Waals surface area contributed by atoms with Crippen LogP contribution in [-0.2, 0) is 20.9 Å². The predicted molar refractivity (Wildman–Crippen MR) is 246 cm³/mol. The summed E-state index contributed by atoms with van der Waals surface area (Å²) in [5.41, 5.74) is 0.519. The third kappa shape index (κ3) is 10.1. The van der Waals surface area contributed by atoms with E-state index in [9.17, 15) is 44.7 Å². The molecule has 2 saturated carbocycles. The van der Waals surface area contributed by atoms with Crippen LogP contribution in [0.5, 0.6) is 0 Å². The average Bonchev–Trinajstić information content (AvgIpc) is 4.15. The Labute approximate surface area is 414 Å². The molecule has 2 atom stereocenters. The molecular formula is C46H36Cl4F8N6O4S. The van der Waals surface area contributed by atoms with Crippen molar-refractivity contribution in [3.05, 3.63) is 137 Å². The SMILES string of the molecule is Cc1cc(C2=NO[C@@](c3cc(Cl)c(F)c(Cl)c3)(C(F)(F)F)C2)ccc1C(=O)NCC1(C#N)CC1.Cc1cc(C2=NO[C@@](c3cc(Cl)c(F)c(Cl)c3)(C(F)(F)F)C2)ccc1C(=O)NCC1(C(N)=S)CC1. The maximum absolute atomic E-state index is 14.2. The summed E-state index contributed by atoms with van der Waals surface area (Å²) in [7, 11) is 0. The number of nitrogens with zero attached hydrogens (tertiary/aromatic N) is 3. The van der Waals surface area contributed by atoms with Crippen molar-refractivity contribution in [2.45, 2.75) is 75.9 Å². The smallest absolute Gasteiger partial charge is 0.393 e. The molecule has 4 aromatic carbocycles. The molecule has 0 radical (unpaired) electrons. The van der Waals surface area contributed by atoms with Crippen molar-refractivity contribution in [2.75, 3.05) is 13.1 Å². The molecule has 0 aromatic heterocycles. The van der Waals surface area contributed by atoms with Gasteiger partial charge in [0.1, 0.15) is 0 Å². The topological polar surface area (TPSA) is 151 Å². The van der Waals surface area contributed by atoms with E-state index >= 15 is 0 Å². The van der Waals surface area contributed by atoms with Gasteiger partial charge in [0.25, 0.3) is 23.0 Å². The second-order valence-corrected chi connectivity index (χ2v) is 19.3. The van der Waals surface area contributed by atoms with Crippen molar-refractivity contribution in [1.29, 1.82) is 5.26 Å². The summed E-state index contributed by atoms with van der Waals surface area (Å²) in [6.45, 7) is 3.86. The van der Waals surface area contributed by atoms with E-state index in [0.29, 0.717) is 44.9 Å². The van der Waals surface area contributed by atoms with E-state index in [1.807, 2.05) is 0 Å². The average molecular weight is 1060 g/mol. The molecule has 4 aliphatic rings. The summed E-state index contributed by atoms with van der Waals surface area (Å²) < 4.78 is 113. The van der Waals surface area contributed by atoms with Crippen LogP contribution in [0.25, 0.3) is 0 Å². The second kappa shape index (κ2) is 18.8. The molecule has 10 nitrogen and oxygen atoms in total. The fraction of sp³-hybridized carbons (Fsp3) is 0.348. The Hall–Kier alpha value is -5.26. The Kier molecular flexibility index (Phi) is 14.1. The van der Waals surface area contributed by atoms with Gasteiger partial charge in [-0.15, -0.1) is 0 Å². The van der Waals surface area contributed by atoms with Crippen LogP contribution in [0, 0.1) is 47.6 Å². The number of aryl methyl sites for hydroxylation is 2. The Morgan fingerprint density at radius 1 is 0.696 bits per heavy atom. The first kappa shape index (κ1) is 51.6. The molecule has 2 heterocycles. The van der Waals surface area contributed by atoms with E-state index in [4.69, 9.17) is 79.3 Å². The van der Waals surface area contributed by atoms with Crippen LogP contribution in [0.4, 0.5) is 35.1 Å². The quantitative estimate of drug-likeness (QED) is 0.0768. The molecule has 0 saturated heterocycles. The first-order valence-corrected chi connectivity index (χ1v) is 22.6. The van der Waals surface area contributed by atoms with Crippen LogP contribution < -0.4 is 16.4 Å². The van der Waals surface area contributed by atoms with Gasteiger partial charge < -0.3 is 26.0 Å². The number of amides is 2. The number of oxime groups is 2. The number of hydrogen-bond acceptors (Lipinski definition) is 8. The zero-order valence-electron chi connectivity index (χ0n) is 35.9. The van der Waals surface area contributed by atoms with E-state index in [0.717, 1.165) is 49.9 Å². The van der Waals surface area contributed by atoms with Crippen molar-refractivity contribution in [2.24, 2.45) is 26.9 Å². The highest BCUT2D eigenvalue weighted by Gasteiger charge is 2.64. The maximum Gasteiger partial charge on any atom is 0.435 e. The van der Waals surface area contributed by atoms with E-state index in [2.05, 4.69) is 27.0 Å². The van der Waals surface area contributed by atoms with Crippen molar-refractivity contribution >= 4 is 86.8 Å². The van der Waals surface area contributed by atoms with E-state index < -0.39 is 84.7 Å². The molecule has 2 amide bonds. The fourth-order valence-electron chi connectivity index (χ4n) is 7.72. The minimum atomic E-state index is -4.92. The number of nitrogens with two attached hydrogens (primary N) is 1. The standard InChI is InChI=1S/C23H19Cl2F4N3O2S.C23H17Cl2F4N3O2/c1-11-6-12(2-3-14(11)19(33)31-10-21(4-5-21)20(30)35)17-9-22(34-32-17,23(27,28)29)13-7-15(24)18(26)16(25)8-13;1-12-6-13(2-3-15(12)20(33)31-11-21(10-30)4-5-21)18-9-22(34-32-18,23(27,28)29)14-7-16(24)19(26)17(25)8-14/h2-3,6-8H,4-5,9-10H2,1H3,(H2,30,35)(H,31,33);2-3,6-8H,4-5,9,11H2,1H3,(H,31,33)/t2*22-/m00/s1. The Bertz CT molecular complexity index is 2860. The number of nitriles is 1. The summed E-state index contributed by atoms with van der Waals surface area (Å²) in [6.07, 6.45) is -8.16. The number of carbonyl (C=O) groups is 2. The third-order valence-electron chi connectivity index (χ3n) is 12.5. The number of benzene rings is 4. The second-order valence-electron chi connectivity index (χ2n) is 17.2. The minimum Gasteiger partial charge on any atom is -0.393 e. The van der Waals surface area contributed by atoms with Gasteiger partial charge in [-0.25, -0.2) is 8.78 Å². The zero-order chi connectivity index (χ0) is 50.6.